The van der Waals surface area contributed by atoms with Gasteiger partial charge in [0.2, 0.25) is 0 Å². The number of benzene rings is 1. The second kappa shape index (κ2) is 9.20. The molecule has 1 aromatic carbocycles. The predicted molar refractivity (Wildman–Crippen MR) is 107 cm³/mol. The maximum absolute atomic E-state index is 4.40. The Morgan fingerprint density at radius 2 is 1.84 bits per heavy atom. The van der Waals surface area contributed by atoms with Gasteiger partial charge in [0.1, 0.15) is 0 Å². The van der Waals surface area contributed by atoms with Crippen molar-refractivity contribution in [3.63, 3.8) is 0 Å². The van der Waals surface area contributed by atoms with Gasteiger partial charge in [0.25, 0.3) is 0 Å². The van der Waals surface area contributed by atoms with Crippen molar-refractivity contribution in [2.24, 2.45) is 10.9 Å². The number of guanidine groups is 1. The van der Waals surface area contributed by atoms with Gasteiger partial charge in [-0.15, -0.1) is 0 Å². The van der Waals surface area contributed by atoms with Gasteiger partial charge in [-0.3, -0.25) is 9.89 Å². The van der Waals surface area contributed by atoms with E-state index in [0.29, 0.717) is 18.0 Å². The lowest BCUT2D eigenvalue weighted by atomic mass is 10.1. The van der Waals surface area contributed by atoms with E-state index in [1.807, 2.05) is 7.05 Å². The van der Waals surface area contributed by atoms with E-state index in [0.717, 1.165) is 32.1 Å². The molecule has 0 bridgehead atoms. The quantitative estimate of drug-likeness (QED) is 0.612. The first-order valence-corrected chi connectivity index (χ1v) is 9.32. The summed E-state index contributed by atoms with van der Waals surface area (Å²) in [6.45, 7) is 10.8. The maximum atomic E-state index is 4.40. The number of nitrogens with zero attached hydrogens (tertiary/aromatic N) is 3. The molecule has 0 saturated carbocycles. The Bertz CT molecular complexity index is 550. The van der Waals surface area contributed by atoms with Crippen LogP contribution in [0.3, 0.4) is 0 Å². The van der Waals surface area contributed by atoms with Gasteiger partial charge in [-0.05, 0) is 45.0 Å². The van der Waals surface area contributed by atoms with E-state index in [1.54, 1.807) is 0 Å². The molecule has 1 heterocycles. The minimum Gasteiger partial charge on any atom is -0.352 e. The summed E-state index contributed by atoms with van der Waals surface area (Å²) in [5, 5.41) is 7.05. The molecule has 0 aliphatic carbocycles. The molecule has 25 heavy (non-hydrogen) atoms. The molecule has 5 heteroatoms. The van der Waals surface area contributed by atoms with E-state index in [9.17, 15) is 0 Å². The number of aliphatic imine (C=N–C) groups is 1. The second-order valence-corrected chi connectivity index (χ2v) is 7.76. The molecule has 1 fully saturated rings. The molecule has 140 valence electrons. The molecule has 2 unspecified atom stereocenters. The first kappa shape index (κ1) is 19.7. The number of hydrogen-bond donors (Lipinski definition) is 2. The van der Waals surface area contributed by atoms with Crippen molar-refractivity contribution in [3.8, 4) is 0 Å². The third-order valence-corrected chi connectivity index (χ3v) is 4.90. The Balaban J connectivity index is 1.84. The normalized spacial score (nSPS) is 22.0. The van der Waals surface area contributed by atoms with Crippen LogP contribution in [-0.2, 0) is 13.1 Å². The van der Waals surface area contributed by atoms with Crippen molar-refractivity contribution >= 4 is 5.96 Å². The zero-order valence-electron chi connectivity index (χ0n) is 16.7. The number of hydrogen-bond acceptors (Lipinski definition) is 3. The fourth-order valence-corrected chi connectivity index (χ4v) is 3.30. The van der Waals surface area contributed by atoms with Crippen LogP contribution in [0.1, 0.15) is 31.9 Å². The first-order valence-electron chi connectivity index (χ1n) is 9.32. The fraction of sp³-hybridized carbons (Fsp3) is 0.650. The highest BCUT2D eigenvalue weighted by atomic mass is 15.3. The van der Waals surface area contributed by atoms with Gasteiger partial charge in [0, 0.05) is 45.3 Å². The monoisotopic (exact) mass is 345 g/mol. The second-order valence-electron chi connectivity index (χ2n) is 7.76. The first-order chi connectivity index (χ1) is 11.9. The van der Waals surface area contributed by atoms with E-state index >= 15 is 0 Å². The molecule has 5 nitrogen and oxygen atoms in total. The van der Waals surface area contributed by atoms with Gasteiger partial charge in [0.15, 0.2) is 5.96 Å². The number of likely N-dealkylation sites (tertiary alicyclic amines) is 1. The molecule has 2 N–H and O–H groups in total. The van der Waals surface area contributed by atoms with Gasteiger partial charge >= 0.3 is 0 Å². The third-order valence-electron chi connectivity index (χ3n) is 4.90. The average Bonchev–Trinajstić information content (AvgIpc) is 2.93. The van der Waals surface area contributed by atoms with Crippen LogP contribution >= 0.6 is 0 Å². The lowest BCUT2D eigenvalue weighted by molar-refractivity contribution is 0.265. The zero-order valence-corrected chi connectivity index (χ0v) is 16.7. The highest BCUT2D eigenvalue weighted by molar-refractivity contribution is 5.80. The van der Waals surface area contributed by atoms with E-state index in [-0.39, 0.29) is 0 Å². The maximum Gasteiger partial charge on any atom is 0.191 e. The summed E-state index contributed by atoms with van der Waals surface area (Å²) >= 11 is 0. The van der Waals surface area contributed by atoms with E-state index in [1.165, 1.54) is 11.1 Å². The minimum absolute atomic E-state index is 0.455. The van der Waals surface area contributed by atoms with Crippen molar-refractivity contribution in [3.05, 3.63) is 35.4 Å². The smallest absolute Gasteiger partial charge is 0.191 e. The van der Waals surface area contributed by atoms with Crippen LogP contribution in [0.4, 0.5) is 0 Å². The lowest BCUT2D eigenvalue weighted by Gasteiger charge is -2.22. The van der Waals surface area contributed by atoms with E-state index < -0.39 is 0 Å². The third kappa shape index (κ3) is 6.01. The van der Waals surface area contributed by atoms with Crippen LogP contribution in [0.5, 0.6) is 0 Å². The summed E-state index contributed by atoms with van der Waals surface area (Å²) in [5.74, 6) is 1.52. The molecular formula is C20H35N5. The summed E-state index contributed by atoms with van der Waals surface area (Å²) in [5.41, 5.74) is 2.61. The Kier molecular flexibility index (Phi) is 7.26. The van der Waals surface area contributed by atoms with Crippen LogP contribution in [0, 0.1) is 5.92 Å². The summed E-state index contributed by atoms with van der Waals surface area (Å²) in [6, 6.07) is 9.84. The molecule has 0 amide bonds. The highest BCUT2D eigenvalue weighted by Gasteiger charge is 2.31. The Hall–Kier alpha value is -1.59. The van der Waals surface area contributed by atoms with Gasteiger partial charge in [-0.2, -0.15) is 0 Å². The van der Waals surface area contributed by atoms with Gasteiger partial charge in [-0.1, -0.05) is 31.2 Å². The van der Waals surface area contributed by atoms with Crippen molar-refractivity contribution in [1.29, 1.82) is 0 Å². The predicted octanol–water partition coefficient (Wildman–Crippen LogP) is 2.14. The van der Waals surface area contributed by atoms with E-state index in [4.69, 9.17) is 0 Å². The summed E-state index contributed by atoms with van der Waals surface area (Å²) < 4.78 is 0. The standard InChI is InChI=1S/C20H35N5/c1-15(2)25-12-16(3)19(14-25)23-20(21-4)22-11-17-7-9-18(10-8-17)13-24(5)6/h7-10,15-16,19H,11-14H2,1-6H3,(H2,21,22,23). The molecule has 1 saturated heterocycles. The minimum atomic E-state index is 0.455. The Morgan fingerprint density at radius 3 is 2.36 bits per heavy atom. The number of rotatable bonds is 6. The molecule has 1 aliphatic heterocycles. The van der Waals surface area contributed by atoms with Crippen molar-refractivity contribution < 1.29 is 0 Å². The van der Waals surface area contributed by atoms with Crippen LogP contribution in [0.15, 0.2) is 29.3 Å². The largest absolute Gasteiger partial charge is 0.352 e. The van der Waals surface area contributed by atoms with Crippen molar-refractivity contribution in [2.75, 3.05) is 34.2 Å². The lowest BCUT2D eigenvalue weighted by Crippen LogP contribution is -2.46. The molecule has 2 rings (SSSR count). The molecule has 2 atom stereocenters. The Morgan fingerprint density at radius 1 is 1.20 bits per heavy atom. The summed E-state index contributed by atoms with van der Waals surface area (Å²) in [7, 11) is 6.03. The van der Waals surface area contributed by atoms with Crippen molar-refractivity contribution in [2.45, 2.75) is 45.9 Å². The molecule has 1 aliphatic rings. The molecular weight excluding hydrogens is 310 g/mol. The van der Waals surface area contributed by atoms with E-state index in [2.05, 4.69) is 84.6 Å². The zero-order chi connectivity index (χ0) is 18.4. The fourth-order valence-electron chi connectivity index (χ4n) is 3.30. The topological polar surface area (TPSA) is 42.9 Å². The summed E-state index contributed by atoms with van der Waals surface area (Å²) in [4.78, 5) is 9.11. The SMILES string of the molecule is CN=C(NCc1ccc(CN(C)C)cc1)NC1CN(C(C)C)CC1C. The highest BCUT2D eigenvalue weighted by Crippen LogP contribution is 2.18. The molecule has 1 aromatic rings. The Labute approximate surface area is 153 Å². The van der Waals surface area contributed by atoms with Crippen LogP contribution in [-0.4, -0.2) is 62.1 Å². The van der Waals surface area contributed by atoms with Crippen LogP contribution in [0.25, 0.3) is 0 Å². The number of nitrogens with one attached hydrogen (secondary N) is 2. The molecule has 0 aromatic heterocycles. The van der Waals surface area contributed by atoms with Gasteiger partial charge in [0.05, 0.1) is 0 Å². The molecule has 0 spiro atoms. The van der Waals surface area contributed by atoms with Crippen molar-refractivity contribution in [1.82, 2.24) is 20.4 Å². The van der Waals surface area contributed by atoms with Gasteiger partial charge in [-0.25, -0.2) is 0 Å². The molecule has 0 radical (unpaired) electrons. The summed E-state index contributed by atoms with van der Waals surface area (Å²) in [6.07, 6.45) is 0. The average molecular weight is 346 g/mol. The van der Waals surface area contributed by atoms with Gasteiger partial charge < -0.3 is 15.5 Å². The van der Waals surface area contributed by atoms with Crippen LogP contribution in [0.2, 0.25) is 0 Å². The van der Waals surface area contributed by atoms with Crippen LogP contribution < -0.4 is 10.6 Å².